The first-order valence-corrected chi connectivity index (χ1v) is 10.2. The molecule has 0 amide bonds. The van der Waals surface area contributed by atoms with Gasteiger partial charge < -0.3 is 9.74 Å². The lowest BCUT2D eigenvalue weighted by Gasteiger charge is -2.21. The summed E-state index contributed by atoms with van der Waals surface area (Å²) in [5.74, 6) is -9.69. The predicted molar refractivity (Wildman–Crippen MR) is 77.9 cm³/mol. The Bertz CT molecular complexity index is 495. The lowest BCUT2D eigenvalue weighted by atomic mass is 10.2. The molecule has 0 heterocycles. The van der Waals surface area contributed by atoms with Crippen molar-refractivity contribution >= 4 is 14.0 Å². The maximum atomic E-state index is 13.4. The van der Waals surface area contributed by atoms with E-state index in [1.165, 1.54) is 0 Å². The molecule has 0 spiro atoms. The van der Waals surface area contributed by atoms with Crippen LogP contribution in [0, 0.1) is 29.1 Å². The number of hydrogen-bond acceptors (Lipinski definition) is 2. The molecule has 0 saturated carbocycles. The van der Waals surface area contributed by atoms with Gasteiger partial charge in [0, 0.05) is 13.2 Å². The fraction of sp³-hybridized carbons (Fsp3) is 0.571. The highest BCUT2D eigenvalue weighted by Crippen LogP contribution is 2.27. The van der Waals surface area contributed by atoms with Crippen molar-refractivity contribution in [1.29, 1.82) is 0 Å². The molecule has 8 heteroatoms. The van der Waals surface area contributed by atoms with Gasteiger partial charge in [-0.25, -0.2) is 22.0 Å². The van der Waals surface area contributed by atoms with Gasteiger partial charge in [0.1, 0.15) is 5.69 Å². The van der Waals surface area contributed by atoms with Gasteiger partial charge in [-0.15, -0.1) is 0 Å². The Labute approximate surface area is 127 Å². The van der Waals surface area contributed by atoms with E-state index in [1.807, 2.05) is 6.92 Å². The number of anilines is 1. The Hall–Kier alpha value is -1.15. The molecule has 0 saturated heterocycles. The van der Waals surface area contributed by atoms with Gasteiger partial charge in [0.2, 0.25) is 5.82 Å². The molecule has 126 valence electrons. The lowest BCUT2D eigenvalue weighted by Crippen LogP contribution is -2.30. The van der Waals surface area contributed by atoms with Crippen LogP contribution in [0.25, 0.3) is 0 Å². The molecular weight excluding hydrogens is 321 g/mol. The van der Waals surface area contributed by atoms with Crippen molar-refractivity contribution < 1.29 is 26.4 Å². The van der Waals surface area contributed by atoms with Gasteiger partial charge in [0.15, 0.2) is 31.6 Å². The smallest absolute Gasteiger partial charge is 0.200 e. The molecule has 0 atom stereocenters. The number of hydrogen-bond donors (Lipinski definition) is 1. The summed E-state index contributed by atoms with van der Waals surface area (Å²) in [6.07, 6.45) is 1.30. The van der Waals surface area contributed by atoms with Gasteiger partial charge in [-0.05, 0) is 32.5 Å². The molecule has 0 bridgehead atoms. The van der Waals surface area contributed by atoms with Crippen molar-refractivity contribution in [3.05, 3.63) is 29.1 Å². The third-order valence-corrected chi connectivity index (χ3v) is 5.88. The maximum Gasteiger partial charge on any atom is 0.200 e. The van der Waals surface area contributed by atoms with Crippen molar-refractivity contribution in [2.75, 3.05) is 18.5 Å². The van der Waals surface area contributed by atoms with Gasteiger partial charge in [-0.3, -0.25) is 0 Å². The van der Waals surface area contributed by atoms with Crippen LogP contribution < -0.4 is 5.32 Å². The number of rotatable bonds is 8. The van der Waals surface area contributed by atoms with Crippen LogP contribution in [0.4, 0.5) is 27.6 Å². The van der Waals surface area contributed by atoms with Crippen LogP contribution in [0.3, 0.4) is 0 Å². The van der Waals surface area contributed by atoms with E-state index in [9.17, 15) is 22.0 Å². The standard InChI is InChI=1S/C14H20F5NOSi/c1-4-21-22(2,3)8-6-5-7-20-14-12(18)10(16)9(15)11(17)13(14)19/h20H,4-8H2,1-3H3. The largest absolute Gasteiger partial charge is 0.418 e. The number of nitrogens with one attached hydrogen (secondary N) is 1. The van der Waals surface area contributed by atoms with Crippen LogP contribution in [0.15, 0.2) is 0 Å². The van der Waals surface area contributed by atoms with E-state index in [0.717, 1.165) is 12.5 Å². The topological polar surface area (TPSA) is 21.3 Å². The van der Waals surface area contributed by atoms with Crippen molar-refractivity contribution in [2.24, 2.45) is 0 Å². The van der Waals surface area contributed by atoms with Crippen LogP contribution >= 0.6 is 0 Å². The monoisotopic (exact) mass is 341 g/mol. The molecule has 0 aromatic heterocycles. The molecule has 0 aliphatic rings. The van der Waals surface area contributed by atoms with Crippen molar-refractivity contribution in [2.45, 2.75) is 38.9 Å². The zero-order chi connectivity index (χ0) is 16.9. The summed E-state index contributed by atoms with van der Waals surface area (Å²) < 4.78 is 71.3. The minimum atomic E-state index is -2.15. The highest BCUT2D eigenvalue weighted by Gasteiger charge is 2.25. The number of benzene rings is 1. The average molecular weight is 341 g/mol. The molecule has 2 nitrogen and oxygen atoms in total. The fourth-order valence-corrected chi connectivity index (χ4v) is 4.14. The van der Waals surface area contributed by atoms with E-state index < -0.39 is 43.1 Å². The van der Waals surface area contributed by atoms with Crippen molar-refractivity contribution in [3.8, 4) is 0 Å². The van der Waals surface area contributed by atoms with Gasteiger partial charge in [0.05, 0.1) is 0 Å². The summed E-state index contributed by atoms with van der Waals surface area (Å²) in [5, 5.41) is 2.29. The Balaban J connectivity index is 2.56. The quantitative estimate of drug-likeness (QED) is 0.241. The average Bonchev–Trinajstić information content (AvgIpc) is 2.45. The first-order chi connectivity index (χ1) is 10.2. The molecule has 0 unspecified atom stereocenters. The molecule has 1 aromatic rings. The van der Waals surface area contributed by atoms with E-state index in [4.69, 9.17) is 4.43 Å². The first-order valence-electron chi connectivity index (χ1n) is 7.10. The summed E-state index contributed by atoms with van der Waals surface area (Å²) >= 11 is 0. The Morgan fingerprint density at radius 1 is 0.864 bits per heavy atom. The molecule has 1 N–H and O–H groups in total. The number of halogens is 5. The molecule has 0 aliphatic carbocycles. The van der Waals surface area contributed by atoms with E-state index in [2.05, 4.69) is 18.4 Å². The Morgan fingerprint density at radius 2 is 1.36 bits per heavy atom. The van der Waals surface area contributed by atoms with Gasteiger partial charge in [-0.1, -0.05) is 6.42 Å². The summed E-state index contributed by atoms with van der Waals surface area (Å²) in [6.45, 7) is 6.80. The van der Waals surface area contributed by atoms with Crippen LogP contribution in [-0.4, -0.2) is 21.5 Å². The molecule has 0 aliphatic heterocycles. The van der Waals surface area contributed by atoms with Crippen molar-refractivity contribution in [1.82, 2.24) is 0 Å². The highest BCUT2D eigenvalue weighted by atomic mass is 28.4. The minimum absolute atomic E-state index is 0.120. The van der Waals surface area contributed by atoms with Crippen LogP contribution in [0.5, 0.6) is 0 Å². The van der Waals surface area contributed by atoms with Gasteiger partial charge >= 0.3 is 0 Å². The van der Waals surface area contributed by atoms with Crippen LogP contribution in [0.2, 0.25) is 19.1 Å². The number of unbranched alkanes of at least 4 members (excludes halogenated alkanes) is 1. The second kappa shape index (κ2) is 7.91. The molecule has 1 aromatic carbocycles. The first kappa shape index (κ1) is 18.9. The predicted octanol–water partition coefficient (Wildman–Crippen LogP) is 4.82. The van der Waals surface area contributed by atoms with Gasteiger partial charge in [-0.2, -0.15) is 0 Å². The van der Waals surface area contributed by atoms with E-state index >= 15 is 0 Å². The Morgan fingerprint density at radius 3 is 1.86 bits per heavy atom. The molecule has 1 rings (SSSR count). The summed E-state index contributed by atoms with van der Waals surface area (Å²) in [6, 6.07) is 0.861. The fourth-order valence-electron chi connectivity index (χ4n) is 2.11. The molecule has 22 heavy (non-hydrogen) atoms. The van der Waals surface area contributed by atoms with Crippen molar-refractivity contribution in [3.63, 3.8) is 0 Å². The third kappa shape index (κ3) is 4.67. The summed E-state index contributed by atoms with van der Waals surface area (Å²) in [4.78, 5) is 0. The zero-order valence-corrected chi connectivity index (χ0v) is 13.8. The maximum absolute atomic E-state index is 13.4. The normalized spacial score (nSPS) is 11.8. The minimum Gasteiger partial charge on any atom is -0.418 e. The zero-order valence-electron chi connectivity index (χ0n) is 12.8. The SMILES string of the molecule is CCO[Si](C)(C)CCCCNc1c(F)c(F)c(F)c(F)c1F. The van der Waals surface area contributed by atoms with E-state index in [-0.39, 0.29) is 6.54 Å². The van der Waals surface area contributed by atoms with E-state index in [0.29, 0.717) is 13.0 Å². The highest BCUT2D eigenvalue weighted by molar-refractivity contribution is 6.71. The second-order valence-electron chi connectivity index (χ2n) is 5.52. The summed E-state index contributed by atoms with van der Waals surface area (Å²) in [5.41, 5.74) is -0.974. The summed E-state index contributed by atoms with van der Waals surface area (Å²) in [7, 11) is -1.73. The second-order valence-corrected chi connectivity index (χ2v) is 9.83. The van der Waals surface area contributed by atoms with E-state index in [1.54, 1.807) is 0 Å². The lowest BCUT2D eigenvalue weighted by molar-refractivity contribution is 0.328. The van der Waals surface area contributed by atoms with Crippen LogP contribution in [0.1, 0.15) is 19.8 Å². The third-order valence-electron chi connectivity index (χ3n) is 3.25. The Kier molecular flexibility index (Phi) is 6.80. The van der Waals surface area contributed by atoms with Crippen LogP contribution in [-0.2, 0) is 4.43 Å². The molecule has 0 fully saturated rings. The molecule has 0 radical (unpaired) electrons. The molecular formula is C14H20F5NOSi. The van der Waals surface area contributed by atoms with Gasteiger partial charge in [0.25, 0.3) is 0 Å².